The van der Waals surface area contributed by atoms with Gasteiger partial charge in [-0.1, -0.05) is 32.0 Å². The normalized spacial score (nSPS) is 19.5. The molecule has 122 valence electrons. The van der Waals surface area contributed by atoms with Crippen molar-refractivity contribution in [2.45, 2.75) is 39.2 Å². The molecule has 3 rings (SSSR count). The Hall–Kier alpha value is -2.30. The van der Waals surface area contributed by atoms with Crippen LogP contribution in [0.3, 0.4) is 0 Å². The molecule has 1 aliphatic rings. The van der Waals surface area contributed by atoms with Crippen LogP contribution in [0.25, 0.3) is 10.9 Å². The number of hydrogen-bond donors (Lipinski definition) is 1. The fourth-order valence-corrected chi connectivity index (χ4v) is 3.61. The van der Waals surface area contributed by atoms with E-state index >= 15 is 0 Å². The average Bonchev–Trinajstić information content (AvgIpc) is 2.86. The molecule has 1 aromatic heterocycles. The molecule has 0 fully saturated rings. The van der Waals surface area contributed by atoms with E-state index in [4.69, 9.17) is 4.74 Å². The molecule has 23 heavy (non-hydrogen) atoms. The van der Waals surface area contributed by atoms with E-state index < -0.39 is 6.04 Å². The molecule has 2 heterocycles. The predicted molar refractivity (Wildman–Crippen MR) is 88.1 cm³/mol. The summed E-state index contributed by atoms with van der Waals surface area (Å²) in [4.78, 5) is 29.6. The minimum Gasteiger partial charge on any atom is -0.464 e. The lowest BCUT2D eigenvalue weighted by Gasteiger charge is -2.42. The zero-order valence-corrected chi connectivity index (χ0v) is 14.0. The van der Waals surface area contributed by atoms with Gasteiger partial charge in [0.05, 0.1) is 12.3 Å². The summed E-state index contributed by atoms with van der Waals surface area (Å²) in [6.07, 6.45) is 0. The van der Waals surface area contributed by atoms with E-state index in [9.17, 15) is 9.59 Å². The van der Waals surface area contributed by atoms with Crippen molar-refractivity contribution in [1.82, 2.24) is 9.88 Å². The highest BCUT2D eigenvalue weighted by Gasteiger charge is 2.45. The second-order valence-electron chi connectivity index (χ2n) is 6.64. The third-order valence-electron chi connectivity index (χ3n) is 4.48. The maximum absolute atomic E-state index is 12.5. The first-order valence-electron chi connectivity index (χ1n) is 7.91. The average molecular weight is 314 g/mol. The van der Waals surface area contributed by atoms with E-state index in [-0.39, 0.29) is 17.3 Å². The van der Waals surface area contributed by atoms with Crippen molar-refractivity contribution >= 4 is 22.8 Å². The number of benzene rings is 1. The van der Waals surface area contributed by atoms with Gasteiger partial charge in [-0.2, -0.15) is 0 Å². The van der Waals surface area contributed by atoms with Gasteiger partial charge in [-0.15, -0.1) is 0 Å². The van der Waals surface area contributed by atoms with Crippen molar-refractivity contribution in [1.29, 1.82) is 0 Å². The largest absolute Gasteiger partial charge is 0.464 e. The third kappa shape index (κ3) is 2.40. The fourth-order valence-electron chi connectivity index (χ4n) is 3.61. The van der Waals surface area contributed by atoms with Crippen molar-refractivity contribution in [2.75, 3.05) is 13.2 Å². The van der Waals surface area contributed by atoms with Gasteiger partial charge in [0.15, 0.2) is 6.04 Å². The molecule has 5 nitrogen and oxygen atoms in total. The molecule has 2 aromatic rings. The fraction of sp³-hybridized carbons (Fsp3) is 0.444. The molecule has 0 radical (unpaired) electrons. The van der Waals surface area contributed by atoms with E-state index in [2.05, 4.69) is 24.9 Å². The molecular formula is C18H22N2O3. The van der Waals surface area contributed by atoms with Crippen LogP contribution in [0.5, 0.6) is 0 Å². The summed E-state index contributed by atoms with van der Waals surface area (Å²) in [5, 5.41) is 1.10. The Bertz CT molecular complexity index is 776. The number of fused-ring (bicyclic) bond motifs is 3. The monoisotopic (exact) mass is 314 g/mol. The van der Waals surface area contributed by atoms with Gasteiger partial charge in [0.2, 0.25) is 5.91 Å². The minimum absolute atomic E-state index is 0.125. The van der Waals surface area contributed by atoms with Crippen LogP contribution in [-0.4, -0.2) is 34.9 Å². The lowest BCUT2D eigenvalue weighted by molar-refractivity contribution is -0.156. The Balaban J connectivity index is 2.26. The molecule has 0 saturated carbocycles. The molecule has 0 spiro atoms. The highest BCUT2D eigenvalue weighted by Crippen LogP contribution is 2.43. The van der Waals surface area contributed by atoms with Gasteiger partial charge in [0, 0.05) is 29.8 Å². The van der Waals surface area contributed by atoms with Crippen LogP contribution < -0.4 is 0 Å². The van der Waals surface area contributed by atoms with Gasteiger partial charge in [-0.25, -0.2) is 4.79 Å². The summed E-state index contributed by atoms with van der Waals surface area (Å²) in [7, 11) is 0. The van der Waals surface area contributed by atoms with Crippen molar-refractivity contribution in [3.05, 3.63) is 35.5 Å². The van der Waals surface area contributed by atoms with Crippen LogP contribution in [0.15, 0.2) is 24.3 Å². The molecule has 1 N–H and O–H groups in total. The van der Waals surface area contributed by atoms with E-state index in [1.807, 2.05) is 18.2 Å². The second kappa shape index (κ2) is 5.41. The Morgan fingerprint density at radius 2 is 2.04 bits per heavy atom. The molecule has 1 atom stereocenters. The van der Waals surface area contributed by atoms with E-state index in [0.29, 0.717) is 13.2 Å². The zero-order valence-electron chi connectivity index (χ0n) is 14.0. The Kier molecular flexibility index (Phi) is 3.66. The number of amides is 1. The van der Waals surface area contributed by atoms with Gasteiger partial charge in [0.1, 0.15) is 0 Å². The topological polar surface area (TPSA) is 62.4 Å². The molecule has 1 unspecified atom stereocenters. The number of hydrogen-bond acceptors (Lipinski definition) is 3. The van der Waals surface area contributed by atoms with E-state index in [1.54, 1.807) is 11.8 Å². The van der Waals surface area contributed by atoms with Gasteiger partial charge >= 0.3 is 5.97 Å². The molecule has 0 aliphatic carbocycles. The van der Waals surface area contributed by atoms with Crippen LogP contribution in [0.2, 0.25) is 0 Å². The second-order valence-corrected chi connectivity index (χ2v) is 6.64. The number of carbonyl (C=O) groups is 2. The van der Waals surface area contributed by atoms with Crippen LogP contribution in [0, 0.1) is 0 Å². The summed E-state index contributed by atoms with van der Waals surface area (Å²) in [6.45, 7) is 8.25. The van der Waals surface area contributed by atoms with Crippen LogP contribution in [0.4, 0.5) is 0 Å². The summed E-state index contributed by atoms with van der Waals surface area (Å²) < 4.78 is 5.23. The molecular weight excluding hydrogens is 292 g/mol. The number of rotatable bonds is 2. The lowest BCUT2D eigenvalue weighted by Crippen LogP contribution is -2.49. The molecule has 1 aliphatic heterocycles. The standard InChI is InChI=1S/C18H22N2O3/c1-5-23-17(22)16-15-14(12-8-6-7-9-13(12)19-15)18(3,4)10-20(16)11(2)21/h6-9,16,19H,5,10H2,1-4H3. The van der Waals surface area contributed by atoms with Crippen LogP contribution >= 0.6 is 0 Å². The predicted octanol–water partition coefficient (Wildman–Crippen LogP) is 2.91. The van der Waals surface area contributed by atoms with Gasteiger partial charge in [-0.05, 0) is 18.6 Å². The van der Waals surface area contributed by atoms with Crippen LogP contribution in [-0.2, 0) is 19.7 Å². The Labute approximate surface area is 135 Å². The third-order valence-corrected chi connectivity index (χ3v) is 4.48. The maximum atomic E-state index is 12.5. The number of nitrogens with zero attached hydrogens (tertiary/aromatic N) is 1. The number of ether oxygens (including phenoxy) is 1. The molecule has 1 amide bonds. The molecule has 5 heteroatoms. The smallest absolute Gasteiger partial charge is 0.335 e. The van der Waals surface area contributed by atoms with Crippen molar-refractivity contribution in [3.8, 4) is 0 Å². The van der Waals surface area contributed by atoms with Gasteiger partial charge < -0.3 is 14.6 Å². The molecule has 0 bridgehead atoms. The maximum Gasteiger partial charge on any atom is 0.335 e. The SMILES string of the molecule is CCOC(=O)C1c2[nH]c3ccccc3c2C(C)(C)CN1C(C)=O. The van der Waals surface area contributed by atoms with Crippen molar-refractivity contribution in [3.63, 3.8) is 0 Å². The summed E-state index contributed by atoms with van der Waals surface area (Å²) >= 11 is 0. The van der Waals surface area contributed by atoms with Crippen molar-refractivity contribution in [2.24, 2.45) is 0 Å². The number of para-hydroxylation sites is 1. The lowest BCUT2D eigenvalue weighted by atomic mass is 9.77. The highest BCUT2D eigenvalue weighted by atomic mass is 16.5. The van der Waals surface area contributed by atoms with Crippen molar-refractivity contribution < 1.29 is 14.3 Å². The number of H-pyrrole nitrogens is 1. The van der Waals surface area contributed by atoms with Gasteiger partial charge in [0.25, 0.3) is 0 Å². The first-order chi connectivity index (χ1) is 10.9. The number of esters is 1. The highest BCUT2D eigenvalue weighted by molar-refractivity contribution is 5.92. The first-order valence-corrected chi connectivity index (χ1v) is 7.91. The van der Waals surface area contributed by atoms with E-state index in [0.717, 1.165) is 22.2 Å². The van der Waals surface area contributed by atoms with E-state index in [1.165, 1.54) is 6.92 Å². The summed E-state index contributed by atoms with van der Waals surface area (Å²) in [6, 6.07) is 7.29. The van der Waals surface area contributed by atoms with Gasteiger partial charge in [-0.3, -0.25) is 4.79 Å². The summed E-state index contributed by atoms with van der Waals surface area (Å²) in [5.41, 5.74) is 2.61. The minimum atomic E-state index is -0.706. The zero-order chi connectivity index (χ0) is 16.8. The number of carbonyl (C=O) groups excluding carboxylic acids is 2. The number of nitrogens with one attached hydrogen (secondary N) is 1. The quantitative estimate of drug-likeness (QED) is 0.867. The first kappa shape index (κ1) is 15.6. The molecule has 1 aromatic carbocycles. The summed E-state index contributed by atoms with van der Waals surface area (Å²) in [5.74, 6) is -0.508. The number of aromatic amines is 1. The molecule has 0 saturated heterocycles. The Morgan fingerprint density at radius 3 is 2.70 bits per heavy atom. The van der Waals surface area contributed by atoms with Crippen LogP contribution in [0.1, 0.15) is 45.0 Å². The number of aromatic nitrogens is 1. The Morgan fingerprint density at radius 1 is 1.35 bits per heavy atom.